The van der Waals surface area contributed by atoms with E-state index in [9.17, 15) is 4.39 Å². The number of aromatic nitrogens is 2. The van der Waals surface area contributed by atoms with Crippen LogP contribution in [0.5, 0.6) is 0 Å². The number of thiocarbonyl (C=S) groups is 1. The average molecular weight is 495 g/mol. The van der Waals surface area contributed by atoms with Gasteiger partial charge >= 0.3 is 0 Å². The second-order valence-electron chi connectivity index (χ2n) is 8.77. The first-order valence-electron chi connectivity index (χ1n) is 11.4. The minimum atomic E-state index is -0.307. The van der Waals surface area contributed by atoms with E-state index in [0.29, 0.717) is 35.5 Å². The van der Waals surface area contributed by atoms with Crippen molar-refractivity contribution >= 4 is 34.7 Å². The van der Waals surface area contributed by atoms with Crippen molar-refractivity contribution in [3.63, 3.8) is 0 Å². The fourth-order valence-corrected chi connectivity index (χ4v) is 4.60. The Labute approximate surface area is 208 Å². The van der Waals surface area contributed by atoms with Gasteiger partial charge in [-0.05, 0) is 54.7 Å². The molecule has 5 rings (SSSR count). The van der Waals surface area contributed by atoms with Crippen LogP contribution in [0.25, 0.3) is 11.3 Å². The quantitative estimate of drug-likeness (QED) is 0.447. The molecular formula is C25H27FN6O2S. The molecule has 0 radical (unpaired) electrons. The van der Waals surface area contributed by atoms with E-state index in [1.807, 2.05) is 49.3 Å². The first kappa shape index (κ1) is 23.4. The molecule has 4 unspecified atom stereocenters. The van der Waals surface area contributed by atoms with Gasteiger partial charge in [-0.1, -0.05) is 12.1 Å². The number of anilines is 3. The minimum Gasteiger partial charge on any atom is -0.378 e. The molecule has 0 aliphatic carbocycles. The molecule has 182 valence electrons. The summed E-state index contributed by atoms with van der Waals surface area (Å²) in [6, 6.07) is 15.9. The molecule has 0 spiro atoms. The van der Waals surface area contributed by atoms with Crippen LogP contribution in [-0.4, -0.2) is 66.7 Å². The Balaban J connectivity index is 1.18. The number of rotatable bonds is 6. The Morgan fingerprint density at radius 2 is 1.77 bits per heavy atom. The second-order valence-corrected chi connectivity index (χ2v) is 9.18. The topological polar surface area (TPSA) is 83.6 Å². The van der Waals surface area contributed by atoms with Crippen LogP contribution in [0.15, 0.2) is 60.8 Å². The molecule has 4 atom stereocenters. The first-order chi connectivity index (χ1) is 17.0. The van der Waals surface area contributed by atoms with Gasteiger partial charge in [-0.15, -0.1) is 0 Å². The zero-order chi connectivity index (χ0) is 24.4. The van der Waals surface area contributed by atoms with Crippen LogP contribution in [0.3, 0.4) is 0 Å². The Hall–Kier alpha value is -3.34. The number of nitrogens with one attached hydrogen (secondary N) is 3. The van der Waals surface area contributed by atoms with E-state index in [2.05, 4.69) is 25.9 Å². The number of halogens is 1. The number of nitrogens with zero attached hydrogens (tertiary/aromatic N) is 3. The van der Waals surface area contributed by atoms with Gasteiger partial charge in [-0.2, -0.15) is 0 Å². The summed E-state index contributed by atoms with van der Waals surface area (Å²) in [5, 5.41) is 10.4. The lowest BCUT2D eigenvalue weighted by Gasteiger charge is -2.20. The van der Waals surface area contributed by atoms with Crippen molar-refractivity contribution in [2.24, 2.45) is 0 Å². The van der Waals surface area contributed by atoms with Gasteiger partial charge in [0.2, 0.25) is 5.95 Å². The molecule has 2 aliphatic heterocycles. The van der Waals surface area contributed by atoms with Gasteiger partial charge in [0.15, 0.2) is 5.11 Å². The molecule has 2 aromatic carbocycles. The molecule has 35 heavy (non-hydrogen) atoms. The Bertz CT molecular complexity index is 1190. The number of hydrogen-bond acceptors (Lipinski definition) is 7. The molecule has 2 aliphatic rings. The summed E-state index contributed by atoms with van der Waals surface area (Å²) in [6.45, 7) is 0.923. The maximum absolute atomic E-state index is 13.6. The second kappa shape index (κ2) is 10.1. The fourth-order valence-electron chi connectivity index (χ4n) is 4.33. The van der Waals surface area contributed by atoms with E-state index in [0.717, 1.165) is 11.4 Å². The SMILES string of the molecule is CN(C)c1ccc(NC(=S)NC2COC3C(Nc4nccc(-c5cccc(F)c5)n4)COC23)cc1. The van der Waals surface area contributed by atoms with Gasteiger partial charge in [-0.3, -0.25) is 0 Å². The maximum atomic E-state index is 13.6. The standard InChI is InChI=1S/C25H27FN6O2S/c1-32(2)18-8-6-17(7-9-18)28-25(35)31-21-14-34-22-20(13-33-23(21)22)30-24-27-11-10-19(29-24)15-4-3-5-16(26)12-15/h3-12,20-23H,13-14H2,1-2H3,(H,27,29,30)(H2,28,31,35). The summed E-state index contributed by atoms with van der Waals surface area (Å²) in [5.41, 5.74) is 3.35. The molecule has 2 saturated heterocycles. The lowest BCUT2D eigenvalue weighted by Crippen LogP contribution is -2.46. The van der Waals surface area contributed by atoms with Crippen LogP contribution in [-0.2, 0) is 9.47 Å². The van der Waals surface area contributed by atoms with Crippen LogP contribution in [0.2, 0.25) is 0 Å². The Morgan fingerprint density at radius 1 is 1.03 bits per heavy atom. The summed E-state index contributed by atoms with van der Waals surface area (Å²) in [6.07, 6.45) is 1.32. The fraction of sp³-hybridized carbons (Fsp3) is 0.320. The van der Waals surface area contributed by atoms with Crippen LogP contribution < -0.4 is 20.9 Å². The van der Waals surface area contributed by atoms with E-state index in [-0.39, 0.29) is 30.1 Å². The molecule has 0 bridgehead atoms. The van der Waals surface area contributed by atoms with Crippen molar-refractivity contribution in [3.05, 3.63) is 66.6 Å². The maximum Gasteiger partial charge on any atom is 0.223 e. The molecule has 2 fully saturated rings. The lowest BCUT2D eigenvalue weighted by atomic mass is 10.1. The van der Waals surface area contributed by atoms with Crippen LogP contribution in [0, 0.1) is 5.82 Å². The summed E-state index contributed by atoms with van der Waals surface area (Å²) in [5.74, 6) is 0.137. The Morgan fingerprint density at radius 3 is 2.51 bits per heavy atom. The van der Waals surface area contributed by atoms with Gasteiger partial charge in [-0.25, -0.2) is 14.4 Å². The number of hydrogen-bond donors (Lipinski definition) is 3. The molecule has 3 N–H and O–H groups in total. The molecule has 1 aromatic heterocycles. The highest BCUT2D eigenvalue weighted by Gasteiger charge is 2.48. The van der Waals surface area contributed by atoms with Crippen molar-refractivity contribution in [1.82, 2.24) is 15.3 Å². The third-order valence-corrected chi connectivity index (χ3v) is 6.32. The summed E-state index contributed by atoms with van der Waals surface area (Å²) >= 11 is 5.52. The van der Waals surface area contributed by atoms with Gasteiger partial charge in [0.05, 0.1) is 31.0 Å². The highest BCUT2D eigenvalue weighted by molar-refractivity contribution is 7.80. The van der Waals surface area contributed by atoms with E-state index in [4.69, 9.17) is 21.7 Å². The van der Waals surface area contributed by atoms with Gasteiger partial charge in [0, 0.05) is 37.2 Å². The predicted molar refractivity (Wildman–Crippen MR) is 138 cm³/mol. The molecule has 0 saturated carbocycles. The number of ether oxygens (including phenoxy) is 2. The zero-order valence-corrected chi connectivity index (χ0v) is 20.3. The molecule has 8 nitrogen and oxygen atoms in total. The monoisotopic (exact) mass is 494 g/mol. The van der Waals surface area contributed by atoms with Crippen LogP contribution >= 0.6 is 12.2 Å². The predicted octanol–water partition coefficient (Wildman–Crippen LogP) is 3.28. The smallest absolute Gasteiger partial charge is 0.223 e. The van der Waals surface area contributed by atoms with Crippen molar-refractivity contribution < 1.29 is 13.9 Å². The summed E-state index contributed by atoms with van der Waals surface area (Å²) in [7, 11) is 4.00. The third kappa shape index (κ3) is 5.34. The van der Waals surface area contributed by atoms with Gasteiger partial charge in [0.1, 0.15) is 18.0 Å². The molecule has 0 amide bonds. The van der Waals surface area contributed by atoms with Crippen LogP contribution in [0.1, 0.15) is 0 Å². The van der Waals surface area contributed by atoms with E-state index >= 15 is 0 Å². The first-order valence-corrected chi connectivity index (χ1v) is 11.8. The lowest BCUT2D eigenvalue weighted by molar-refractivity contribution is 0.0689. The molecule has 3 aromatic rings. The normalized spacial score (nSPS) is 22.9. The van der Waals surface area contributed by atoms with Crippen LogP contribution in [0.4, 0.5) is 21.7 Å². The van der Waals surface area contributed by atoms with E-state index in [1.165, 1.54) is 12.1 Å². The highest BCUT2D eigenvalue weighted by atomic mass is 32.1. The zero-order valence-electron chi connectivity index (χ0n) is 19.4. The van der Waals surface area contributed by atoms with Gasteiger partial charge < -0.3 is 30.3 Å². The highest BCUT2D eigenvalue weighted by Crippen LogP contribution is 2.29. The van der Waals surface area contributed by atoms with Crippen molar-refractivity contribution in [2.75, 3.05) is 42.8 Å². The van der Waals surface area contributed by atoms with Crippen molar-refractivity contribution in [1.29, 1.82) is 0 Å². The largest absolute Gasteiger partial charge is 0.378 e. The van der Waals surface area contributed by atoms with E-state index < -0.39 is 0 Å². The number of benzene rings is 2. The number of fused-ring (bicyclic) bond motifs is 1. The Kier molecular flexibility index (Phi) is 6.76. The van der Waals surface area contributed by atoms with Crippen molar-refractivity contribution in [3.8, 4) is 11.3 Å². The molecule has 10 heteroatoms. The van der Waals surface area contributed by atoms with Gasteiger partial charge in [0.25, 0.3) is 0 Å². The summed E-state index contributed by atoms with van der Waals surface area (Å²) < 4.78 is 25.7. The molecule has 3 heterocycles. The third-order valence-electron chi connectivity index (χ3n) is 6.10. The minimum absolute atomic E-state index is 0.0765. The van der Waals surface area contributed by atoms with E-state index in [1.54, 1.807) is 18.3 Å². The average Bonchev–Trinajstić information content (AvgIpc) is 3.43. The van der Waals surface area contributed by atoms with Crippen molar-refractivity contribution in [2.45, 2.75) is 24.3 Å². The summed E-state index contributed by atoms with van der Waals surface area (Å²) in [4.78, 5) is 10.9. The molecular weight excluding hydrogens is 467 g/mol.